The minimum absolute atomic E-state index is 0.210. The van der Waals surface area contributed by atoms with Crippen LogP contribution >= 0.6 is 11.3 Å². The molecule has 1 aliphatic rings. The largest absolute Gasteiger partial charge is 0.338 e. The third-order valence-electron chi connectivity index (χ3n) is 4.39. The molecule has 4 nitrogen and oxygen atoms in total. The van der Waals surface area contributed by atoms with Crippen molar-refractivity contribution in [3.63, 3.8) is 0 Å². The van der Waals surface area contributed by atoms with E-state index in [1.54, 1.807) is 11.3 Å². The van der Waals surface area contributed by atoms with Gasteiger partial charge in [0.05, 0.1) is 17.1 Å². The summed E-state index contributed by atoms with van der Waals surface area (Å²) >= 11 is 1.65. The number of rotatable bonds is 7. The molecule has 1 atom stereocenters. The van der Waals surface area contributed by atoms with Gasteiger partial charge in [-0.1, -0.05) is 37.3 Å². The van der Waals surface area contributed by atoms with Crippen molar-refractivity contribution in [1.29, 1.82) is 0 Å². The topological polar surface area (TPSA) is 45.2 Å². The van der Waals surface area contributed by atoms with Gasteiger partial charge in [0.2, 0.25) is 5.91 Å². The number of carbonyl (C=O) groups is 1. The number of aromatic nitrogens is 1. The highest BCUT2D eigenvalue weighted by atomic mass is 32.1. The van der Waals surface area contributed by atoms with Crippen LogP contribution in [0.3, 0.4) is 0 Å². The van der Waals surface area contributed by atoms with Crippen LogP contribution in [0.2, 0.25) is 0 Å². The number of nitrogens with zero attached hydrogens (tertiary/aromatic N) is 2. The van der Waals surface area contributed by atoms with Crippen molar-refractivity contribution in [3.8, 4) is 0 Å². The van der Waals surface area contributed by atoms with Crippen LogP contribution in [0.5, 0.6) is 0 Å². The first kappa shape index (κ1) is 17.1. The van der Waals surface area contributed by atoms with Crippen molar-refractivity contribution < 1.29 is 4.79 Å². The van der Waals surface area contributed by atoms with Crippen LogP contribution in [0, 0.1) is 0 Å². The summed E-state index contributed by atoms with van der Waals surface area (Å²) in [6.07, 6.45) is 3.31. The second kappa shape index (κ2) is 8.40. The summed E-state index contributed by atoms with van der Waals surface area (Å²) in [5, 5.41) is 6.47. The highest BCUT2D eigenvalue weighted by molar-refractivity contribution is 7.09. The van der Waals surface area contributed by atoms with Gasteiger partial charge in [-0.2, -0.15) is 0 Å². The molecule has 0 saturated carbocycles. The van der Waals surface area contributed by atoms with Crippen molar-refractivity contribution in [1.82, 2.24) is 15.2 Å². The molecule has 0 bridgehead atoms. The number of nitrogens with one attached hydrogen (secondary N) is 1. The number of thiazole rings is 1. The third kappa shape index (κ3) is 4.42. The minimum atomic E-state index is 0.210. The first-order valence-corrected chi connectivity index (χ1v) is 9.61. The summed E-state index contributed by atoms with van der Waals surface area (Å²) < 4.78 is 0. The number of amides is 1. The Kier molecular flexibility index (Phi) is 5.99. The van der Waals surface area contributed by atoms with Crippen LogP contribution in [-0.2, 0) is 17.6 Å². The van der Waals surface area contributed by atoms with E-state index in [4.69, 9.17) is 0 Å². The fourth-order valence-corrected chi connectivity index (χ4v) is 4.02. The second-order valence-corrected chi connectivity index (χ2v) is 7.25. The predicted molar refractivity (Wildman–Crippen MR) is 98.3 cm³/mol. The van der Waals surface area contributed by atoms with E-state index in [2.05, 4.69) is 34.3 Å². The Morgan fingerprint density at radius 1 is 1.38 bits per heavy atom. The van der Waals surface area contributed by atoms with Gasteiger partial charge in [0.1, 0.15) is 0 Å². The van der Waals surface area contributed by atoms with E-state index in [-0.39, 0.29) is 5.91 Å². The molecule has 128 valence electrons. The van der Waals surface area contributed by atoms with Crippen LogP contribution in [0.15, 0.2) is 35.7 Å². The van der Waals surface area contributed by atoms with Crippen LogP contribution in [0.1, 0.15) is 36.0 Å². The van der Waals surface area contributed by atoms with Gasteiger partial charge < -0.3 is 10.2 Å². The Bertz CT molecular complexity index is 650. The van der Waals surface area contributed by atoms with Gasteiger partial charge in [-0.15, -0.1) is 11.3 Å². The molecule has 2 aromatic rings. The molecule has 1 fully saturated rings. The van der Waals surface area contributed by atoms with Gasteiger partial charge in [0.25, 0.3) is 0 Å². The zero-order chi connectivity index (χ0) is 16.8. The first-order chi connectivity index (χ1) is 11.8. The van der Waals surface area contributed by atoms with Gasteiger partial charge in [0, 0.05) is 30.9 Å². The molecule has 24 heavy (non-hydrogen) atoms. The lowest BCUT2D eigenvalue weighted by molar-refractivity contribution is -0.132. The summed E-state index contributed by atoms with van der Waals surface area (Å²) in [6, 6.07) is 10.7. The van der Waals surface area contributed by atoms with Crippen LogP contribution in [0.25, 0.3) is 0 Å². The maximum atomic E-state index is 12.7. The fraction of sp³-hybridized carbons (Fsp3) is 0.474. The third-order valence-corrected chi connectivity index (χ3v) is 5.29. The van der Waals surface area contributed by atoms with Crippen molar-refractivity contribution in [3.05, 3.63) is 52.0 Å². The van der Waals surface area contributed by atoms with E-state index < -0.39 is 0 Å². The fourth-order valence-electron chi connectivity index (χ4n) is 3.20. The van der Waals surface area contributed by atoms with Crippen molar-refractivity contribution in [2.24, 2.45) is 0 Å². The average molecular weight is 343 g/mol. The van der Waals surface area contributed by atoms with Crippen molar-refractivity contribution in [2.75, 3.05) is 19.6 Å². The summed E-state index contributed by atoms with van der Waals surface area (Å²) in [5.74, 6) is 0.210. The second-order valence-electron chi connectivity index (χ2n) is 6.31. The van der Waals surface area contributed by atoms with Crippen LogP contribution in [0.4, 0.5) is 0 Å². The molecule has 1 aromatic heterocycles. The average Bonchev–Trinajstić information content (AvgIpc) is 3.26. The van der Waals surface area contributed by atoms with Gasteiger partial charge >= 0.3 is 0 Å². The zero-order valence-electron chi connectivity index (χ0n) is 14.2. The molecule has 1 N–H and O–H groups in total. The van der Waals surface area contributed by atoms with Crippen LogP contribution in [-0.4, -0.2) is 41.5 Å². The van der Waals surface area contributed by atoms with E-state index in [1.807, 2.05) is 23.6 Å². The molecular weight excluding hydrogens is 318 g/mol. The highest BCUT2D eigenvalue weighted by Gasteiger charge is 2.26. The monoisotopic (exact) mass is 343 g/mol. The molecule has 1 saturated heterocycles. The maximum Gasteiger partial charge on any atom is 0.228 e. The molecule has 0 spiro atoms. The molecule has 1 unspecified atom stereocenters. The summed E-state index contributed by atoms with van der Waals surface area (Å²) in [4.78, 5) is 19.4. The Hall–Kier alpha value is -1.72. The Morgan fingerprint density at radius 2 is 2.21 bits per heavy atom. The summed E-state index contributed by atoms with van der Waals surface area (Å²) in [7, 11) is 0. The first-order valence-electron chi connectivity index (χ1n) is 8.73. The standard InChI is InChI=1S/C19H25N3OS/c1-2-10-22(17-8-9-20-13-17)19(23)12-16-14-24-18(21-16)11-15-6-4-3-5-7-15/h3-7,14,17,20H,2,8-13H2,1H3. The van der Waals surface area contributed by atoms with Gasteiger partial charge in [-0.3, -0.25) is 4.79 Å². The number of hydrogen-bond donors (Lipinski definition) is 1. The quantitative estimate of drug-likeness (QED) is 0.841. The molecule has 1 aromatic carbocycles. The van der Waals surface area contributed by atoms with E-state index in [1.165, 1.54) is 5.56 Å². The minimum Gasteiger partial charge on any atom is -0.338 e. The van der Waals surface area contributed by atoms with E-state index in [0.717, 1.165) is 49.6 Å². The lowest BCUT2D eigenvalue weighted by atomic mass is 10.1. The molecule has 2 heterocycles. The normalized spacial score (nSPS) is 17.1. The van der Waals surface area contributed by atoms with Crippen molar-refractivity contribution in [2.45, 2.75) is 38.6 Å². The molecule has 1 aliphatic heterocycles. The number of carbonyl (C=O) groups excluding carboxylic acids is 1. The molecule has 5 heteroatoms. The molecule has 0 aliphatic carbocycles. The molecule has 0 radical (unpaired) electrons. The van der Waals surface area contributed by atoms with E-state index in [9.17, 15) is 4.79 Å². The molecule has 3 rings (SSSR count). The predicted octanol–water partition coefficient (Wildman–Crippen LogP) is 2.88. The Labute approximate surface area is 147 Å². The van der Waals surface area contributed by atoms with E-state index in [0.29, 0.717) is 12.5 Å². The van der Waals surface area contributed by atoms with E-state index >= 15 is 0 Å². The molecular formula is C19H25N3OS. The highest BCUT2D eigenvalue weighted by Crippen LogP contribution is 2.17. The number of hydrogen-bond acceptors (Lipinski definition) is 4. The van der Waals surface area contributed by atoms with Crippen molar-refractivity contribution >= 4 is 17.2 Å². The SMILES string of the molecule is CCCN(C(=O)Cc1csc(Cc2ccccc2)n1)C1CCNC1. The lowest BCUT2D eigenvalue weighted by Gasteiger charge is -2.28. The van der Waals surface area contributed by atoms with Gasteiger partial charge in [0.15, 0.2) is 0 Å². The Morgan fingerprint density at radius 3 is 2.92 bits per heavy atom. The summed E-state index contributed by atoms with van der Waals surface area (Å²) in [5.41, 5.74) is 2.16. The number of benzene rings is 1. The van der Waals surface area contributed by atoms with Crippen LogP contribution < -0.4 is 5.32 Å². The van der Waals surface area contributed by atoms with Gasteiger partial charge in [-0.25, -0.2) is 4.98 Å². The maximum absolute atomic E-state index is 12.7. The van der Waals surface area contributed by atoms with Gasteiger partial charge in [-0.05, 0) is 24.9 Å². The Balaban J connectivity index is 1.61. The molecule has 1 amide bonds. The zero-order valence-corrected chi connectivity index (χ0v) is 15.0. The smallest absolute Gasteiger partial charge is 0.228 e. The summed E-state index contributed by atoms with van der Waals surface area (Å²) in [6.45, 7) is 4.90. The lowest BCUT2D eigenvalue weighted by Crippen LogP contribution is -2.42.